The van der Waals surface area contributed by atoms with E-state index in [1.807, 2.05) is 0 Å². The topological polar surface area (TPSA) is 49.4 Å². The Morgan fingerprint density at radius 1 is 1.43 bits per heavy atom. The maximum atomic E-state index is 12.9. The molecule has 0 aliphatic carbocycles. The summed E-state index contributed by atoms with van der Waals surface area (Å²) in [6.45, 7) is 3.67. The van der Waals surface area contributed by atoms with Crippen molar-refractivity contribution < 1.29 is 18.4 Å². The molecular weight excluding hydrogens is 278 g/mol. The van der Waals surface area contributed by atoms with E-state index < -0.39 is 24.3 Å². The Balaban J connectivity index is 2.17. The summed E-state index contributed by atoms with van der Waals surface area (Å²) in [5.41, 5.74) is 0.711. The molecule has 1 aliphatic rings. The molecule has 0 aromatic heterocycles. The average Bonchev–Trinajstić information content (AvgIpc) is 2.96. The summed E-state index contributed by atoms with van der Waals surface area (Å²) in [5.74, 6) is -0.835. The Morgan fingerprint density at radius 2 is 2.19 bits per heavy atom. The van der Waals surface area contributed by atoms with Gasteiger partial charge in [-0.1, -0.05) is 12.6 Å². The summed E-state index contributed by atoms with van der Waals surface area (Å²) >= 11 is 0. The Kier molecular flexibility index (Phi) is 4.67. The van der Waals surface area contributed by atoms with Crippen molar-refractivity contribution in [3.05, 3.63) is 42.5 Å². The summed E-state index contributed by atoms with van der Waals surface area (Å²) in [6, 6.07) is 5.22. The molecule has 0 spiro atoms. The predicted octanol–water partition coefficient (Wildman–Crippen LogP) is 2.68. The lowest BCUT2D eigenvalue weighted by atomic mass is 10.1. The number of hydrogen-bond donors (Lipinski definition) is 1. The lowest BCUT2D eigenvalue weighted by molar-refractivity contribution is -0.111. The highest BCUT2D eigenvalue weighted by Crippen LogP contribution is 2.25. The van der Waals surface area contributed by atoms with Crippen LogP contribution in [-0.4, -0.2) is 35.7 Å². The largest absolute Gasteiger partial charge is 0.330 e. The number of nitrogens with one attached hydrogen (secondary N) is 1. The van der Waals surface area contributed by atoms with Crippen molar-refractivity contribution in [2.45, 2.75) is 25.3 Å². The number of carbonyl (C=O) groups excluding carboxylic acids is 2. The molecule has 1 saturated heterocycles. The van der Waals surface area contributed by atoms with Gasteiger partial charge < -0.3 is 10.2 Å². The van der Waals surface area contributed by atoms with Gasteiger partial charge in [-0.3, -0.25) is 9.59 Å². The van der Waals surface area contributed by atoms with E-state index >= 15 is 0 Å². The zero-order chi connectivity index (χ0) is 15.4. The minimum atomic E-state index is -2.54. The molecule has 4 nitrogen and oxygen atoms in total. The second-order valence-electron chi connectivity index (χ2n) is 4.82. The van der Waals surface area contributed by atoms with Crippen molar-refractivity contribution in [3.8, 4) is 0 Å². The molecule has 21 heavy (non-hydrogen) atoms. The molecule has 1 N–H and O–H groups in total. The van der Waals surface area contributed by atoms with E-state index in [1.165, 1.54) is 11.0 Å². The van der Waals surface area contributed by atoms with Gasteiger partial charge in [-0.25, -0.2) is 8.78 Å². The lowest BCUT2D eigenvalue weighted by Gasteiger charge is -2.24. The smallest absolute Gasteiger partial charge is 0.258 e. The Morgan fingerprint density at radius 3 is 2.86 bits per heavy atom. The second-order valence-corrected chi connectivity index (χ2v) is 4.82. The third-order valence-corrected chi connectivity index (χ3v) is 3.41. The molecule has 1 fully saturated rings. The molecule has 1 atom stereocenters. The molecule has 2 amide bonds. The predicted molar refractivity (Wildman–Crippen MR) is 75.3 cm³/mol. The first-order valence-corrected chi connectivity index (χ1v) is 6.65. The number of hydrogen-bond acceptors (Lipinski definition) is 2. The van der Waals surface area contributed by atoms with Gasteiger partial charge in [-0.2, -0.15) is 0 Å². The molecule has 1 aromatic carbocycles. The van der Waals surface area contributed by atoms with Crippen molar-refractivity contribution in [2.75, 3.05) is 11.9 Å². The molecule has 6 heteroatoms. The normalized spacial score (nSPS) is 17.9. The van der Waals surface area contributed by atoms with Crippen LogP contribution in [0, 0.1) is 0 Å². The van der Waals surface area contributed by atoms with Gasteiger partial charge in [0.1, 0.15) is 0 Å². The minimum absolute atomic E-state index is 0.282. The quantitative estimate of drug-likeness (QED) is 0.868. The highest BCUT2D eigenvalue weighted by Gasteiger charge is 2.35. The first-order chi connectivity index (χ1) is 10.0. The number of likely N-dealkylation sites (tertiary alicyclic amines) is 1. The fourth-order valence-electron chi connectivity index (χ4n) is 2.40. The third-order valence-electron chi connectivity index (χ3n) is 3.41. The number of alkyl halides is 2. The highest BCUT2D eigenvalue weighted by atomic mass is 19.3. The zero-order valence-corrected chi connectivity index (χ0v) is 11.4. The van der Waals surface area contributed by atoms with Crippen LogP contribution in [-0.2, 0) is 4.79 Å². The Labute approximate surface area is 121 Å². The minimum Gasteiger partial charge on any atom is -0.330 e. The molecule has 0 radical (unpaired) electrons. The zero-order valence-electron chi connectivity index (χ0n) is 11.4. The first-order valence-electron chi connectivity index (χ1n) is 6.65. The standard InChI is InChI=1S/C15H16F2N2O2/c1-2-13(20)18-11-6-3-5-10(9-11)15(21)19-8-4-7-12(19)14(16)17/h2-3,5-6,9,12,14H,1,4,7-8H2,(H,18,20)/t12-/m0/s1. The molecule has 0 saturated carbocycles. The summed E-state index contributed by atoms with van der Waals surface area (Å²) in [5, 5.41) is 2.54. The van der Waals surface area contributed by atoms with Crippen LogP contribution in [0.1, 0.15) is 23.2 Å². The third kappa shape index (κ3) is 3.45. The fraction of sp³-hybridized carbons (Fsp3) is 0.333. The molecule has 2 rings (SSSR count). The average molecular weight is 294 g/mol. The molecular formula is C15H16F2N2O2. The highest BCUT2D eigenvalue weighted by molar-refractivity contribution is 6.00. The monoisotopic (exact) mass is 294 g/mol. The number of nitrogens with zero attached hydrogens (tertiary/aromatic N) is 1. The van der Waals surface area contributed by atoms with Crippen molar-refractivity contribution in [1.29, 1.82) is 0 Å². The van der Waals surface area contributed by atoms with Crippen LogP contribution >= 0.6 is 0 Å². The van der Waals surface area contributed by atoms with Gasteiger partial charge in [0.15, 0.2) is 0 Å². The van der Waals surface area contributed by atoms with Crippen LogP contribution in [0.25, 0.3) is 0 Å². The molecule has 1 heterocycles. The van der Waals surface area contributed by atoms with Gasteiger partial charge in [0.25, 0.3) is 12.3 Å². The van der Waals surface area contributed by atoms with Crippen molar-refractivity contribution in [2.24, 2.45) is 0 Å². The van der Waals surface area contributed by atoms with Gasteiger partial charge in [-0.15, -0.1) is 0 Å². The van der Waals surface area contributed by atoms with E-state index in [4.69, 9.17) is 0 Å². The summed E-state index contributed by atoms with van der Waals surface area (Å²) < 4.78 is 25.8. The molecule has 1 aromatic rings. The lowest BCUT2D eigenvalue weighted by Crippen LogP contribution is -2.39. The number of anilines is 1. The maximum Gasteiger partial charge on any atom is 0.258 e. The fourth-order valence-corrected chi connectivity index (χ4v) is 2.40. The van der Waals surface area contributed by atoms with Gasteiger partial charge >= 0.3 is 0 Å². The van der Waals surface area contributed by atoms with E-state index in [0.29, 0.717) is 25.1 Å². The van der Waals surface area contributed by atoms with Gasteiger partial charge in [0, 0.05) is 17.8 Å². The van der Waals surface area contributed by atoms with Crippen LogP contribution in [0.4, 0.5) is 14.5 Å². The molecule has 0 bridgehead atoms. The Bertz CT molecular complexity index is 560. The first kappa shape index (κ1) is 15.2. The number of carbonyl (C=O) groups is 2. The number of benzene rings is 1. The maximum absolute atomic E-state index is 12.9. The SMILES string of the molecule is C=CC(=O)Nc1cccc(C(=O)N2CCC[C@H]2C(F)F)c1. The van der Waals surface area contributed by atoms with E-state index in [2.05, 4.69) is 11.9 Å². The second kappa shape index (κ2) is 6.47. The van der Waals surface area contributed by atoms with Crippen LogP contribution < -0.4 is 5.32 Å². The summed E-state index contributed by atoms with van der Waals surface area (Å²) in [4.78, 5) is 24.8. The van der Waals surface area contributed by atoms with Crippen LogP contribution in [0.3, 0.4) is 0 Å². The Hall–Kier alpha value is -2.24. The summed E-state index contributed by atoms with van der Waals surface area (Å²) in [7, 11) is 0. The van der Waals surface area contributed by atoms with Crippen molar-refractivity contribution in [1.82, 2.24) is 4.90 Å². The van der Waals surface area contributed by atoms with Crippen LogP contribution in [0.2, 0.25) is 0 Å². The van der Waals surface area contributed by atoms with Crippen molar-refractivity contribution >= 4 is 17.5 Å². The van der Waals surface area contributed by atoms with E-state index in [9.17, 15) is 18.4 Å². The van der Waals surface area contributed by atoms with Gasteiger partial charge in [-0.05, 0) is 37.1 Å². The van der Waals surface area contributed by atoms with Crippen LogP contribution in [0.5, 0.6) is 0 Å². The van der Waals surface area contributed by atoms with Gasteiger partial charge in [0.05, 0.1) is 6.04 Å². The molecule has 0 unspecified atom stereocenters. The summed E-state index contributed by atoms with van der Waals surface area (Å²) in [6.07, 6.45) is -0.536. The van der Waals surface area contributed by atoms with E-state index in [0.717, 1.165) is 6.08 Å². The van der Waals surface area contributed by atoms with E-state index in [-0.39, 0.29) is 5.56 Å². The number of amides is 2. The molecule has 1 aliphatic heterocycles. The number of halogens is 2. The van der Waals surface area contributed by atoms with Gasteiger partial charge in [0.2, 0.25) is 5.91 Å². The van der Waals surface area contributed by atoms with Crippen molar-refractivity contribution in [3.63, 3.8) is 0 Å². The van der Waals surface area contributed by atoms with Crippen LogP contribution in [0.15, 0.2) is 36.9 Å². The van der Waals surface area contributed by atoms with E-state index in [1.54, 1.807) is 18.2 Å². The molecule has 112 valence electrons. The number of rotatable bonds is 4.